The van der Waals surface area contributed by atoms with Gasteiger partial charge in [0.1, 0.15) is 0 Å². The van der Waals surface area contributed by atoms with Crippen LogP contribution in [0.5, 0.6) is 0 Å². The van der Waals surface area contributed by atoms with E-state index >= 15 is 0 Å². The van der Waals surface area contributed by atoms with E-state index in [4.69, 9.17) is 0 Å². The molecule has 0 aromatic heterocycles. The van der Waals surface area contributed by atoms with E-state index in [0.29, 0.717) is 5.92 Å². The lowest BCUT2D eigenvalue weighted by Crippen LogP contribution is -2.23. The van der Waals surface area contributed by atoms with Gasteiger partial charge < -0.3 is 5.32 Å². The summed E-state index contributed by atoms with van der Waals surface area (Å²) in [4.78, 5) is 0. The average Bonchev–Trinajstić information content (AvgIpc) is 2.35. The van der Waals surface area contributed by atoms with Gasteiger partial charge in [-0.15, -0.1) is 0 Å². The van der Waals surface area contributed by atoms with Gasteiger partial charge >= 0.3 is 0 Å². The maximum absolute atomic E-state index is 3.45. The average molecular weight is 233 g/mol. The van der Waals surface area contributed by atoms with Gasteiger partial charge in [0.05, 0.1) is 0 Å². The zero-order chi connectivity index (χ0) is 12.7. The van der Waals surface area contributed by atoms with Crippen LogP contribution in [-0.2, 0) is 6.42 Å². The van der Waals surface area contributed by atoms with E-state index in [9.17, 15) is 0 Å². The summed E-state index contributed by atoms with van der Waals surface area (Å²) in [5.41, 5.74) is 2.91. The third-order valence-electron chi connectivity index (χ3n) is 3.43. The number of hydrogen-bond donors (Lipinski definition) is 1. The number of nitrogens with one attached hydrogen (secondary N) is 1. The molecule has 1 aromatic rings. The first-order chi connectivity index (χ1) is 8.17. The molecule has 0 spiro atoms. The largest absolute Gasteiger partial charge is 0.317 e. The maximum Gasteiger partial charge on any atom is -0.00176 e. The molecule has 0 amide bonds. The fourth-order valence-electron chi connectivity index (χ4n) is 2.08. The molecule has 1 N–H and O–H groups in total. The number of hydrogen-bond acceptors (Lipinski definition) is 1. The molecule has 0 radical (unpaired) electrons. The van der Waals surface area contributed by atoms with Crippen LogP contribution in [0.3, 0.4) is 0 Å². The van der Waals surface area contributed by atoms with Gasteiger partial charge in [0.25, 0.3) is 0 Å². The Kier molecular flexibility index (Phi) is 6.28. The molecule has 1 unspecified atom stereocenters. The minimum Gasteiger partial charge on any atom is -0.317 e. The van der Waals surface area contributed by atoms with Gasteiger partial charge in [-0.25, -0.2) is 0 Å². The minimum absolute atomic E-state index is 0.632. The van der Waals surface area contributed by atoms with Crippen molar-refractivity contribution in [3.8, 4) is 0 Å². The second-order valence-corrected chi connectivity index (χ2v) is 5.18. The highest BCUT2D eigenvalue weighted by Crippen LogP contribution is 2.17. The second-order valence-electron chi connectivity index (χ2n) is 5.18. The van der Waals surface area contributed by atoms with E-state index in [1.54, 1.807) is 0 Å². The third kappa shape index (κ3) is 4.91. The molecule has 1 nitrogen and oxygen atoms in total. The van der Waals surface area contributed by atoms with Crippen molar-refractivity contribution in [1.82, 2.24) is 5.32 Å². The van der Waals surface area contributed by atoms with Crippen LogP contribution in [0.15, 0.2) is 24.3 Å². The lowest BCUT2D eigenvalue weighted by atomic mass is 9.94. The van der Waals surface area contributed by atoms with Gasteiger partial charge in [-0.3, -0.25) is 0 Å². The molecule has 0 fully saturated rings. The summed E-state index contributed by atoms with van der Waals surface area (Å²) in [5, 5.41) is 3.45. The molecule has 1 rings (SSSR count). The Labute approximate surface area is 107 Å². The monoisotopic (exact) mass is 233 g/mol. The first kappa shape index (κ1) is 14.2. The quantitative estimate of drug-likeness (QED) is 0.751. The standard InChI is InChI=1S/C16H27N/c1-5-14(12-17-6-2)11-15-7-9-16(10-8-15)13(3)4/h7-10,13-14,17H,5-6,11-12H2,1-4H3. The van der Waals surface area contributed by atoms with Gasteiger partial charge in [-0.05, 0) is 42.5 Å². The molecule has 0 aliphatic rings. The van der Waals surface area contributed by atoms with Crippen LogP contribution in [-0.4, -0.2) is 13.1 Å². The highest BCUT2D eigenvalue weighted by Gasteiger charge is 2.07. The molecule has 0 heterocycles. The van der Waals surface area contributed by atoms with Crippen LogP contribution in [0.2, 0.25) is 0 Å². The van der Waals surface area contributed by atoms with Crippen molar-refractivity contribution < 1.29 is 0 Å². The van der Waals surface area contributed by atoms with Crippen molar-refractivity contribution in [2.75, 3.05) is 13.1 Å². The summed E-state index contributed by atoms with van der Waals surface area (Å²) < 4.78 is 0. The lowest BCUT2D eigenvalue weighted by molar-refractivity contribution is 0.467. The van der Waals surface area contributed by atoms with Crippen molar-refractivity contribution in [2.45, 2.75) is 46.5 Å². The molecular formula is C16H27N. The summed E-state index contributed by atoms with van der Waals surface area (Å²) in [6, 6.07) is 9.15. The van der Waals surface area contributed by atoms with Gasteiger partial charge in [-0.2, -0.15) is 0 Å². The number of rotatable bonds is 7. The molecule has 96 valence electrons. The predicted molar refractivity (Wildman–Crippen MR) is 76.6 cm³/mol. The highest BCUT2D eigenvalue weighted by molar-refractivity contribution is 5.25. The lowest BCUT2D eigenvalue weighted by Gasteiger charge is -2.15. The van der Waals surface area contributed by atoms with Crippen molar-refractivity contribution in [1.29, 1.82) is 0 Å². The summed E-state index contributed by atoms with van der Waals surface area (Å²) >= 11 is 0. The predicted octanol–water partition coefficient (Wildman–Crippen LogP) is 3.99. The second kappa shape index (κ2) is 7.50. The van der Waals surface area contributed by atoms with Gasteiger partial charge in [0.2, 0.25) is 0 Å². The van der Waals surface area contributed by atoms with E-state index in [-0.39, 0.29) is 0 Å². The Morgan fingerprint density at radius 3 is 2.18 bits per heavy atom. The number of benzene rings is 1. The topological polar surface area (TPSA) is 12.0 Å². The Hall–Kier alpha value is -0.820. The summed E-state index contributed by atoms with van der Waals surface area (Å²) in [5.74, 6) is 1.40. The van der Waals surface area contributed by atoms with E-state index in [2.05, 4.69) is 57.3 Å². The van der Waals surface area contributed by atoms with Crippen LogP contribution in [0.1, 0.15) is 51.2 Å². The SMILES string of the molecule is CCNCC(CC)Cc1ccc(C(C)C)cc1. The fourth-order valence-corrected chi connectivity index (χ4v) is 2.08. The van der Waals surface area contributed by atoms with E-state index < -0.39 is 0 Å². The Morgan fingerprint density at radius 2 is 1.71 bits per heavy atom. The van der Waals surface area contributed by atoms with Crippen LogP contribution in [0.25, 0.3) is 0 Å². The smallest absolute Gasteiger partial charge is 0.00176 e. The Morgan fingerprint density at radius 1 is 1.06 bits per heavy atom. The van der Waals surface area contributed by atoms with Crippen LogP contribution in [0, 0.1) is 5.92 Å². The zero-order valence-corrected chi connectivity index (χ0v) is 11.8. The Bertz CT molecular complexity index is 300. The first-order valence-corrected chi connectivity index (χ1v) is 6.96. The summed E-state index contributed by atoms with van der Waals surface area (Å²) in [6.45, 7) is 11.2. The van der Waals surface area contributed by atoms with Crippen molar-refractivity contribution in [3.05, 3.63) is 35.4 Å². The van der Waals surface area contributed by atoms with Crippen molar-refractivity contribution >= 4 is 0 Å². The molecule has 0 saturated heterocycles. The molecular weight excluding hydrogens is 206 g/mol. The van der Waals surface area contributed by atoms with Gasteiger partial charge in [0.15, 0.2) is 0 Å². The fraction of sp³-hybridized carbons (Fsp3) is 0.625. The molecule has 1 heteroatoms. The Balaban J connectivity index is 2.54. The van der Waals surface area contributed by atoms with Crippen LogP contribution < -0.4 is 5.32 Å². The molecule has 1 aromatic carbocycles. The first-order valence-electron chi connectivity index (χ1n) is 6.96. The third-order valence-corrected chi connectivity index (χ3v) is 3.43. The zero-order valence-electron chi connectivity index (χ0n) is 11.8. The van der Waals surface area contributed by atoms with E-state index in [0.717, 1.165) is 19.0 Å². The summed E-state index contributed by atoms with van der Waals surface area (Å²) in [6.07, 6.45) is 2.45. The van der Waals surface area contributed by atoms with Gasteiger partial charge in [0, 0.05) is 0 Å². The molecule has 0 aliphatic carbocycles. The van der Waals surface area contributed by atoms with Crippen LogP contribution in [0.4, 0.5) is 0 Å². The molecule has 0 saturated carbocycles. The van der Waals surface area contributed by atoms with E-state index in [1.165, 1.54) is 24.0 Å². The molecule has 0 bridgehead atoms. The van der Waals surface area contributed by atoms with Crippen LogP contribution >= 0.6 is 0 Å². The molecule has 0 aliphatic heterocycles. The normalized spacial score (nSPS) is 13.0. The van der Waals surface area contributed by atoms with Crippen molar-refractivity contribution in [2.24, 2.45) is 5.92 Å². The molecule has 1 atom stereocenters. The summed E-state index contributed by atoms with van der Waals surface area (Å²) in [7, 11) is 0. The maximum atomic E-state index is 3.45. The van der Waals surface area contributed by atoms with E-state index in [1.807, 2.05) is 0 Å². The van der Waals surface area contributed by atoms with Gasteiger partial charge in [-0.1, -0.05) is 58.4 Å². The molecule has 17 heavy (non-hydrogen) atoms. The highest BCUT2D eigenvalue weighted by atomic mass is 14.8. The van der Waals surface area contributed by atoms with Crippen molar-refractivity contribution in [3.63, 3.8) is 0 Å². The minimum atomic E-state index is 0.632.